The molecule has 1 aliphatic heterocycles. The highest BCUT2D eigenvalue weighted by molar-refractivity contribution is 5.90. The van der Waals surface area contributed by atoms with Crippen LogP contribution < -0.4 is 5.32 Å². The Labute approximate surface area is 139 Å². The quantitative estimate of drug-likeness (QED) is 0.813. The topological polar surface area (TPSA) is 90.7 Å². The second-order valence-electron chi connectivity index (χ2n) is 5.40. The van der Waals surface area contributed by atoms with Crippen molar-refractivity contribution in [2.75, 3.05) is 13.2 Å². The molecule has 7 nitrogen and oxygen atoms in total. The second kappa shape index (κ2) is 7.74. The molecule has 0 bridgehead atoms. The van der Waals surface area contributed by atoms with Gasteiger partial charge in [-0.15, -0.1) is 0 Å². The molecule has 3 heterocycles. The number of ether oxygens (including phenoxy) is 2. The molecule has 0 aliphatic carbocycles. The molecule has 1 aliphatic rings. The van der Waals surface area contributed by atoms with Crippen LogP contribution in [0.15, 0.2) is 47.2 Å². The summed E-state index contributed by atoms with van der Waals surface area (Å²) in [5.41, 5.74) is 0.349. The van der Waals surface area contributed by atoms with E-state index in [9.17, 15) is 9.59 Å². The Balaban J connectivity index is 1.69. The first kappa shape index (κ1) is 16.2. The Morgan fingerprint density at radius 2 is 2.25 bits per heavy atom. The Bertz CT molecular complexity index is 666. The van der Waals surface area contributed by atoms with Crippen LogP contribution in [0.5, 0.6) is 0 Å². The van der Waals surface area contributed by atoms with E-state index in [1.165, 1.54) is 18.5 Å². The molecule has 0 aromatic carbocycles. The number of amides is 1. The van der Waals surface area contributed by atoms with Crippen LogP contribution in [-0.4, -0.2) is 36.1 Å². The summed E-state index contributed by atoms with van der Waals surface area (Å²) in [6.07, 6.45) is 3.64. The zero-order chi connectivity index (χ0) is 16.8. The number of nitrogens with one attached hydrogen (secondary N) is 1. The van der Waals surface area contributed by atoms with Crippen LogP contribution in [0.4, 0.5) is 0 Å². The van der Waals surface area contributed by atoms with Crippen molar-refractivity contribution in [3.63, 3.8) is 0 Å². The van der Waals surface area contributed by atoms with E-state index in [0.717, 1.165) is 12.8 Å². The van der Waals surface area contributed by atoms with Crippen LogP contribution in [0.1, 0.15) is 35.2 Å². The van der Waals surface area contributed by atoms with Gasteiger partial charge in [0, 0.05) is 19.3 Å². The Hall–Kier alpha value is -2.67. The van der Waals surface area contributed by atoms with Gasteiger partial charge in [0.2, 0.25) is 11.9 Å². The fourth-order valence-electron chi connectivity index (χ4n) is 2.45. The number of furan rings is 1. The van der Waals surface area contributed by atoms with E-state index in [2.05, 4.69) is 10.3 Å². The van der Waals surface area contributed by atoms with Gasteiger partial charge >= 0.3 is 5.97 Å². The number of aromatic nitrogens is 1. The molecule has 0 radical (unpaired) electrons. The van der Waals surface area contributed by atoms with Crippen molar-refractivity contribution >= 4 is 11.9 Å². The summed E-state index contributed by atoms with van der Waals surface area (Å²) in [7, 11) is 0. The fourth-order valence-corrected chi connectivity index (χ4v) is 2.45. The number of hydrogen-bond acceptors (Lipinski definition) is 6. The molecule has 2 atom stereocenters. The number of esters is 1. The SMILES string of the molecule is O=C(OC(C(=O)NCC1CCCO1)c1ccccn1)c1ccco1. The van der Waals surface area contributed by atoms with Gasteiger partial charge in [-0.2, -0.15) is 0 Å². The first-order valence-corrected chi connectivity index (χ1v) is 7.79. The average molecular weight is 330 g/mol. The van der Waals surface area contributed by atoms with Crippen molar-refractivity contribution in [1.29, 1.82) is 0 Å². The van der Waals surface area contributed by atoms with Crippen molar-refractivity contribution in [3.8, 4) is 0 Å². The Kier molecular flexibility index (Phi) is 5.22. The van der Waals surface area contributed by atoms with E-state index < -0.39 is 18.0 Å². The van der Waals surface area contributed by atoms with E-state index >= 15 is 0 Å². The molecule has 3 rings (SSSR count). The van der Waals surface area contributed by atoms with Gasteiger partial charge in [0.25, 0.3) is 5.91 Å². The Morgan fingerprint density at radius 3 is 2.92 bits per heavy atom. The maximum atomic E-state index is 12.5. The third kappa shape index (κ3) is 3.99. The van der Waals surface area contributed by atoms with Crippen LogP contribution >= 0.6 is 0 Å². The highest BCUT2D eigenvalue weighted by Gasteiger charge is 2.28. The molecule has 1 amide bonds. The van der Waals surface area contributed by atoms with E-state index in [4.69, 9.17) is 13.9 Å². The lowest BCUT2D eigenvalue weighted by atomic mass is 10.2. The van der Waals surface area contributed by atoms with Gasteiger partial charge in [-0.25, -0.2) is 4.79 Å². The molecule has 126 valence electrons. The number of nitrogens with zero attached hydrogens (tertiary/aromatic N) is 1. The van der Waals surface area contributed by atoms with E-state index in [1.54, 1.807) is 24.3 Å². The minimum atomic E-state index is -1.15. The predicted molar refractivity (Wildman–Crippen MR) is 83.1 cm³/mol. The largest absolute Gasteiger partial charge is 0.457 e. The van der Waals surface area contributed by atoms with E-state index in [1.807, 2.05) is 0 Å². The van der Waals surface area contributed by atoms with Crippen molar-refractivity contribution < 1.29 is 23.5 Å². The maximum absolute atomic E-state index is 12.5. The summed E-state index contributed by atoms with van der Waals surface area (Å²) < 4.78 is 15.8. The van der Waals surface area contributed by atoms with Crippen molar-refractivity contribution in [2.24, 2.45) is 0 Å². The van der Waals surface area contributed by atoms with Crippen molar-refractivity contribution in [1.82, 2.24) is 10.3 Å². The molecular formula is C17H18N2O5. The number of carbonyl (C=O) groups is 2. The van der Waals surface area contributed by atoms with Gasteiger partial charge in [-0.3, -0.25) is 9.78 Å². The van der Waals surface area contributed by atoms with Crippen LogP contribution in [0.3, 0.4) is 0 Å². The van der Waals surface area contributed by atoms with Gasteiger partial charge in [0.15, 0.2) is 0 Å². The van der Waals surface area contributed by atoms with Gasteiger partial charge in [0.05, 0.1) is 18.1 Å². The molecule has 2 aromatic rings. The zero-order valence-corrected chi connectivity index (χ0v) is 13.0. The number of pyridine rings is 1. The summed E-state index contributed by atoms with van der Waals surface area (Å²) >= 11 is 0. The van der Waals surface area contributed by atoms with Crippen LogP contribution in [0, 0.1) is 0 Å². The Morgan fingerprint density at radius 1 is 1.33 bits per heavy atom. The smallest absolute Gasteiger partial charge is 0.375 e. The lowest BCUT2D eigenvalue weighted by Gasteiger charge is -2.18. The predicted octanol–water partition coefficient (Wildman–Crippen LogP) is 1.87. The monoisotopic (exact) mass is 330 g/mol. The standard InChI is InChI=1S/C17H18N2O5/c20-16(19-11-12-5-3-9-22-12)15(13-6-1-2-8-18-13)24-17(21)14-7-4-10-23-14/h1-2,4,6-8,10,12,15H,3,5,9,11H2,(H,19,20). The molecule has 7 heteroatoms. The molecule has 1 saturated heterocycles. The molecule has 1 N–H and O–H groups in total. The zero-order valence-electron chi connectivity index (χ0n) is 13.0. The normalized spacial score (nSPS) is 18.1. The van der Waals surface area contributed by atoms with Crippen molar-refractivity contribution in [3.05, 3.63) is 54.2 Å². The lowest BCUT2D eigenvalue weighted by Crippen LogP contribution is -2.37. The third-order valence-electron chi connectivity index (χ3n) is 3.67. The minimum absolute atomic E-state index is 0.000826. The highest BCUT2D eigenvalue weighted by atomic mass is 16.6. The first-order chi connectivity index (χ1) is 11.7. The van der Waals surface area contributed by atoms with Gasteiger partial charge < -0.3 is 19.2 Å². The summed E-state index contributed by atoms with van der Waals surface area (Å²) in [6.45, 7) is 1.08. The third-order valence-corrected chi connectivity index (χ3v) is 3.67. The summed E-state index contributed by atoms with van der Waals surface area (Å²) in [6, 6.07) is 8.13. The number of rotatable bonds is 6. The number of carbonyl (C=O) groups excluding carboxylic acids is 2. The first-order valence-electron chi connectivity index (χ1n) is 7.79. The minimum Gasteiger partial charge on any atom is -0.457 e. The maximum Gasteiger partial charge on any atom is 0.375 e. The highest BCUT2D eigenvalue weighted by Crippen LogP contribution is 2.18. The molecule has 1 fully saturated rings. The molecule has 0 saturated carbocycles. The van der Waals surface area contributed by atoms with E-state index in [0.29, 0.717) is 18.8 Å². The van der Waals surface area contributed by atoms with Gasteiger partial charge in [-0.1, -0.05) is 6.07 Å². The van der Waals surface area contributed by atoms with Crippen LogP contribution in [-0.2, 0) is 14.3 Å². The summed E-state index contributed by atoms with van der Waals surface area (Å²) in [5, 5.41) is 2.76. The molecule has 0 spiro atoms. The van der Waals surface area contributed by atoms with Crippen molar-refractivity contribution in [2.45, 2.75) is 25.0 Å². The van der Waals surface area contributed by atoms with Crippen LogP contribution in [0.2, 0.25) is 0 Å². The molecular weight excluding hydrogens is 312 g/mol. The van der Waals surface area contributed by atoms with Gasteiger partial charge in [0.1, 0.15) is 0 Å². The van der Waals surface area contributed by atoms with Crippen LogP contribution in [0.25, 0.3) is 0 Å². The summed E-state index contributed by atoms with van der Waals surface area (Å²) in [5.74, 6) is -1.13. The lowest BCUT2D eigenvalue weighted by molar-refractivity contribution is -0.131. The summed E-state index contributed by atoms with van der Waals surface area (Å²) in [4.78, 5) is 28.7. The average Bonchev–Trinajstić information content (AvgIpc) is 3.31. The van der Waals surface area contributed by atoms with E-state index in [-0.39, 0.29) is 11.9 Å². The molecule has 2 unspecified atom stereocenters. The fraction of sp³-hybridized carbons (Fsp3) is 0.353. The second-order valence-corrected chi connectivity index (χ2v) is 5.40. The number of hydrogen-bond donors (Lipinski definition) is 1. The molecule has 2 aromatic heterocycles. The van der Waals surface area contributed by atoms with Gasteiger partial charge in [-0.05, 0) is 37.1 Å². The molecule has 24 heavy (non-hydrogen) atoms.